The number of fused-ring (bicyclic) bond motifs is 1. The van der Waals surface area contributed by atoms with Gasteiger partial charge in [-0.15, -0.1) is 0 Å². The van der Waals surface area contributed by atoms with E-state index >= 15 is 0 Å². The SMILES string of the molecule is CC(C)c1nc(-c2cccc3c2OC(C)(C)C3)c(N)n1C. The van der Waals surface area contributed by atoms with Gasteiger partial charge in [-0.3, -0.25) is 0 Å². The maximum absolute atomic E-state index is 6.28. The van der Waals surface area contributed by atoms with Gasteiger partial charge in [0.2, 0.25) is 0 Å². The zero-order valence-electron chi connectivity index (χ0n) is 13.4. The number of aromatic nitrogens is 2. The molecule has 4 heteroatoms. The Morgan fingerprint density at radius 2 is 2.05 bits per heavy atom. The Morgan fingerprint density at radius 3 is 2.67 bits per heavy atom. The van der Waals surface area contributed by atoms with Crippen molar-refractivity contribution in [3.8, 4) is 17.0 Å². The number of para-hydroxylation sites is 1. The van der Waals surface area contributed by atoms with Crippen molar-refractivity contribution in [3.05, 3.63) is 29.6 Å². The number of nitrogens with two attached hydrogens (primary N) is 1. The van der Waals surface area contributed by atoms with Gasteiger partial charge in [0, 0.05) is 24.9 Å². The highest BCUT2D eigenvalue weighted by molar-refractivity contribution is 5.78. The molecular formula is C17H23N3O. The van der Waals surface area contributed by atoms with E-state index < -0.39 is 0 Å². The third-order valence-corrected chi connectivity index (χ3v) is 4.04. The molecule has 4 nitrogen and oxygen atoms in total. The van der Waals surface area contributed by atoms with Crippen LogP contribution in [0.3, 0.4) is 0 Å². The van der Waals surface area contributed by atoms with Gasteiger partial charge in [0.15, 0.2) is 0 Å². The van der Waals surface area contributed by atoms with Gasteiger partial charge >= 0.3 is 0 Å². The maximum Gasteiger partial charge on any atom is 0.133 e. The van der Waals surface area contributed by atoms with Gasteiger partial charge < -0.3 is 15.0 Å². The molecular weight excluding hydrogens is 262 g/mol. The van der Waals surface area contributed by atoms with Crippen molar-refractivity contribution < 1.29 is 4.74 Å². The van der Waals surface area contributed by atoms with Crippen LogP contribution in [0.5, 0.6) is 5.75 Å². The molecule has 2 aromatic rings. The van der Waals surface area contributed by atoms with Crippen LogP contribution in [0.15, 0.2) is 18.2 Å². The molecule has 112 valence electrons. The van der Waals surface area contributed by atoms with E-state index in [-0.39, 0.29) is 5.60 Å². The van der Waals surface area contributed by atoms with E-state index in [4.69, 9.17) is 15.5 Å². The van der Waals surface area contributed by atoms with Crippen LogP contribution in [0.2, 0.25) is 0 Å². The van der Waals surface area contributed by atoms with Crippen molar-refractivity contribution in [2.24, 2.45) is 7.05 Å². The first kappa shape index (κ1) is 14.0. The third kappa shape index (κ3) is 2.19. The van der Waals surface area contributed by atoms with E-state index in [1.165, 1.54) is 5.56 Å². The maximum atomic E-state index is 6.28. The average Bonchev–Trinajstić information content (AvgIpc) is 2.86. The van der Waals surface area contributed by atoms with E-state index in [2.05, 4.69) is 39.8 Å². The highest BCUT2D eigenvalue weighted by Gasteiger charge is 2.33. The predicted octanol–water partition coefficient (Wildman–Crippen LogP) is 3.51. The summed E-state index contributed by atoms with van der Waals surface area (Å²) in [4.78, 5) is 4.76. The second-order valence-corrected chi connectivity index (χ2v) is 6.75. The summed E-state index contributed by atoms with van der Waals surface area (Å²) in [6.07, 6.45) is 0.917. The Kier molecular flexibility index (Phi) is 3.01. The first-order valence-electron chi connectivity index (χ1n) is 7.43. The lowest BCUT2D eigenvalue weighted by Crippen LogP contribution is -2.24. The van der Waals surface area contributed by atoms with Gasteiger partial charge in [-0.05, 0) is 25.5 Å². The van der Waals surface area contributed by atoms with Gasteiger partial charge in [-0.2, -0.15) is 0 Å². The number of benzene rings is 1. The highest BCUT2D eigenvalue weighted by Crippen LogP contribution is 2.43. The molecule has 0 atom stereocenters. The molecule has 21 heavy (non-hydrogen) atoms. The summed E-state index contributed by atoms with van der Waals surface area (Å²) in [5, 5.41) is 0. The molecule has 0 bridgehead atoms. The molecule has 0 unspecified atom stereocenters. The second-order valence-electron chi connectivity index (χ2n) is 6.75. The molecule has 1 aliphatic heterocycles. The van der Waals surface area contributed by atoms with Crippen LogP contribution >= 0.6 is 0 Å². The minimum Gasteiger partial charge on any atom is -0.487 e. The second kappa shape index (κ2) is 4.52. The average molecular weight is 285 g/mol. The van der Waals surface area contributed by atoms with Gasteiger partial charge in [0.25, 0.3) is 0 Å². The van der Waals surface area contributed by atoms with Crippen molar-refractivity contribution in [2.45, 2.75) is 45.6 Å². The van der Waals surface area contributed by atoms with Gasteiger partial charge in [0.05, 0.1) is 0 Å². The van der Waals surface area contributed by atoms with E-state index in [1.807, 2.05) is 17.7 Å². The standard InChI is InChI=1S/C17H23N3O/c1-10(2)16-19-13(15(18)20(16)5)12-8-6-7-11-9-17(3,4)21-14(11)12/h6-8,10H,9,18H2,1-5H3. The minimum absolute atomic E-state index is 0.164. The van der Waals surface area contributed by atoms with E-state index in [1.54, 1.807) is 0 Å². The van der Waals surface area contributed by atoms with Crippen molar-refractivity contribution in [1.82, 2.24) is 9.55 Å². The zero-order valence-corrected chi connectivity index (χ0v) is 13.4. The lowest BCUT2D eigenvalue weighted by molar-refractivity contribution is 0.139. The molecule has 3 rings (SSSR count). The summed E-state index contributed by atoms with van der Waals surface area (Å²) < 4.78 is 8.11. The number of rotatable bonds is 2. The van der Waals surface area contributed by atoms with Crippen LogP contribution in [-0.2, 0) is 13.5 Å². The van der Waals surface area contributed by atoms with Crippen LogP contribution in [0.4, 0.5) is 5.82 Å². The Balaban J connectivity index is 2.16. The predicted molar refractivity (Wildman–Crippen MR) is 85.6 cm³/mol. The number of ether oxygens (including phenoxy) is 1. The minimum atomic E-state index is -0.164. The fraction of sp³-hybridized carbons (Fsp3) is 0.471. The number of nitrogens with zero attached hydrogens (tertiary/aromatic N) is 2. The third-order valence-electron chi connectivity index (χ3n) is 4.04. The van der Waals surface area contributed by atoms with Crippen molar-refractivity contribution in [2.75, 3.05) is 5.73 Å². The molecule has 0 radical (unpaired) electrons. The van der Waals surface area contributed by atoms with Gasteiger partial charge in [-0.25, -0.2) is 4.98 Å². The zero-order chi connectivity index (χ0) is 15.4. The molecule has 0 aliphatic carbocycles. The summed E-state index contributed by atoms with van der Waals surface area (Å²) in [6, 6.07) is 6.22. The molecule has 0 fully saturated rings. The summed E-state index contributed by atoms with van der Waals surface area (Å²) in [6.45, 7) is 8.47. The van der Waals surface area contributed by atoms with Crippen LogP contribution < -0.4 is 10.5 Å². The summed E-state index contributed by atoms with van der Waals surface area (Å²) in [7, 11) is 1.97. The fourth-order valence-electron chi connectivity index (χ4n) is 3.05. The lowest BCUT2D eigenvalue weighted by Gasteiger charge is -2.18. The normalized spacial score (nSPS) is 16.1. The first-order valence-corrected chi connectivity index (χ1v) is 7.43. The molecule has 0 amide bonds. The number of hydrogen-bond acceptors (Lipinski definition) is 3. The van der Waals surface area contributed by atoms with E-state index in [0.717, 1.165) is 29.3 Å². The fourth-order valence-corrected chi connectivity index (χ4v) is 3.05. The summed E-state index contributed by atoms with van der Waals surface area (Å²) >= 11 is 0. The number of nitrogen functional groups attached to an aromatic ring is 1. The lowest BCUT2D eigenvalue weighted by atomic mass is 10.00. The molecule has 0 spiro atoms. The van der Waals surface area contributed by atoms with Crippen LogP contribution in [-0.4, -0.2) is 15.2 Å². The molecule has 2 heterocycles. The molecule has 1 aliphatic rings. The summed E-state index contributed by atoms with van der Waals surface area (Å²) in [5.41, 5.74) is 9.17. The van der Waals surface area contributed by atoms with Gasteiger partial charge in [-0.1, -0.05) is 26.0 Å². The molecule has 1 aromatic carbocycles. The first-order chi connectivity index (χ1) is 9.80. The van der Waals surface area contributed by atoms with Crippen molar-refractivity contribution >= 4 is 5.82 Å². The largest absolute Gasteiger partial charge is 0.487 e. The van der Waals surface area contributed by atoms with E-state index in [9.17, 15) is 0 Å². The Morgan fingerprint density at radius 1 is 1.33 bits per heavy atom. The Labute approximate surface area is 125 Å². The monoisotopic (exact) mass is 285 g/mol. The summed E-state index contributed by atoms with van der Waals surface area (Å²) in [5.74, 6) is 2.96. The number of imidazole rings is 1. The van der Waals surface area contributed by atoms with Crippen LogP contribution in [0, 0.1) is 0 Å². The van der Waals surface area contributed by atoms with E-state index in [0.29, 0.717) is 11.7 Å². The number of anilines is 1. The van der Waals surface area contributed by atoms with Crippen LogP contribution in [0.1, 0.15) is 45.0 Å². The molecule has 2 N–H and O–H groups in total. The number of hydrogen-bond donors (Lipinski definition) is 1. The molecule has 1 aromatic heterocycles. The smallest absolute Gasteiger partial charge is 0.133 e. The Bertz CT molecular complexity index is 698. The van der Waals surface area contributed by atoms with Crippen molar-refractivity contribution in [3.63, 3.8) is 0 Å². The molecule has 0 saturated carbocycles. The quantitative estimate of drug-likeness (QED) is 0.918. The van der Waals surface area contributed by atoms with Crippen molar-refractivity contribution in [1.29, 1.82) is 0 Å². The molecule has 0 saturated heterocycles. The highest BCUT2D eigenvalue weighted by atomic mass is 16.5. The topological polar surface area (TPSA) is 53.1 Å². The Hall–Kier alpha value is -1.97. The van der Waals surface area contributed by atoms with Crippen LogP contribution in [0.25, 0.3) is 11.3 Å². The van der Waals surface area contributed by atoms with Gasteiger partial charge in [0.1, 0.15) is 28.7 Å².